The van der Waals surface area contributed by atoms with E-state index in [0.29, 0.717) is 5.56 Å². The molecule has 0 heterocycles. The highest BCUT2D eigenvalue weighted by molar-refractivity contribution is 5.94. The lowest BCUT2D eigenvalue weighted by atomic mass is 9.87. The predicted octanol–water partition coefficient (Wildman–Crippen LogP) is 1.69. The molecule has 0 atom stereocenters. The largest absolute Gasteiger partial charge is 0.481 e. The van der Waals surface area contributed by atoms with Gasteiger partial charge in [-0.3, -0.25) is 14.4 Å². The van der Waals surface area contributed by atoms with Crippen molar-refractivity contribution in [2.24, 2.45) is 0 Å². The van der Waals surface area contributed by atoms with Crippen LogP contribution in [-0.2, 0) is 15.0 Å². The maximum absolute atomic E-state index is 12.0. The number of hydrogen-bond acceptors (Lipinski definition) is 3. The van der Waals surface area contributed by atoms with Gasteiger partial charge in [0.2, 0.25) is 5.91 Å². The zero-order valence-electron chi connectivity index (χ0n) is 13.8. The highest BCUT2D eigenvalue weighted by Crippen LogP contribution is 2.22. The van der Waals surface area contributed by atoms with Crippen molar-refractivity contribution in [2.75, 3.05) is 13.1 Å². The van der Waals surface area contributed by atoms with Crippen molar-refractivity contribution >= 4 is 17.8 Å². The molecular formula is C17H24N2O4. The fraction of sp³-hybridized carbons (Fsp3) is 0.471. The SMILES string of the molecule is CC(C)(C)c1ccc(C(=O)NCCC(=O)NCCC(=O)O)cc1. The first-order chi connectivity index (χ1) is 10.7. The quantitative estimate of drug-likeness (QED) is 0.712. The molecule has 6 heteroatoms. The van der Waals surface area contributed by atoms with Crippen LogP contribution in [0.1, 0.15) is 49.5 Å². The van der Waals surface area contributed by atoms with Gasteiger partial charge in [0.1, 0.15) is 0 Å². The van der Waals surface area contributed by atoms with Gasteiger partial charge in [-0.15, -0.1) is 0 Å². The molecule has 0 bridgehead atoms. The summed E-state index contributed by atoms with van der Waals surface area (Å²) in [5, 5.41) is 13.6. The van der Waals surface area contributed by atoms with Gasteiger partial charge in [0.05, 0.1) is 6.42 Å². The molecule has 0 aliphatic carbocycles. The zero-order valence-corrected chi connectivity index (χ0v) is 13.8. The van der Waals surface area contributed by atoms with Crippen LogP contribution in [0.4, 0.5) is 0 Å². The van der Waals surface area contributed by atoms with Crippen LogP contribution < -0.4 is 10.6 Å². The van der Waals surface area contributed by atoms with E-state index in [9.17, 15) is 14.4 Å². The van der Waals surface area contributed by atoms with Crippen molar-refractivity contribution in [3.05, 3.63) is 35.4 Å². The molecule has 0 saturated heterocycles. The molecule has 126 valence electrons. The molecule has 0 aliphatic heterocycles. The smallest absolute Gasteiger partial charge is 0.305 e. The van der Waals surface area contributed by atoms with Crippen LogP contribution in [0.15, 0.2) is 24.3 Å². The zero-order chi connectivity index (χ0) is 17.5. The third-order valence-electron chi connectivity index (χ3n) is 3.31. The number of nitrogens with one attached hydrogen (secondary N) is 2. The number of carboxylic acids is 1. The third kappa shape index (κ3) is 6.95. The summed E-state index contributed by atoms with van der Waals surface area (Å²) < 4.78 is 0. The van der Waals surface area contributed by atoms with Gasteiger partial charge in [0.25, 0.3) is 5.91 Å². The summed E-state index contributed by atoms with van der Waals surface area (Å²) in [6.07, 6.45) is 0.00363. The summed E-state index contributed by atoms with van der Waals surface area (Å²) in [6.45, 7) is 6.61. The van der Waals surface area contributed by atoms with Gasteiger partial charge in [0.15, 0.2) is 0 Å². The summed E-state index contributed by atoms with van der Waals surface area (Å²) >= 11 is 0. The predicted molar refractivity (Wildman–Crippen MR) is 87.4 cm³/mol. The van der Waals surface area contributed by atoms with E-state index in [4.69, 9.17) is 5.11 Å². The van der Waals surface area contributed by atoms with Gasteiger partial charge < -0.3 is 15.7 Å². The molecule has 0 spiro atoms. The van der Waals surface area contributed by atoms with Crippen LogP contribution in [-0.4, -0.2) is 36.0 Å². The Morgan fingerprint density at radius 2 is 1.52 bits per heavy atom. The van der Waals surface area contributed by atoms with Gasteiger partial charge in [0, 0.05) is 25.1 Å². The van der Waals surface area contributed by atoms with Gasteiger partial charge in [-0.1, -0.05) is 32.9 Å². The number of carbonyl (C=O) groups is 3. The fourth-order valence-electron chi connectivity index (χ4n) is 1.91. The summed E-state index contributed by atoms with van der Waals surface area (Å²) in [7, 11) is 0. The van der Waals surface area contributed by atoms with E-state index in [1.165, 1.54) is 0 Å². The summed E-state index contributed by atoms with van der Waals surface area (Å²) in [6, 6.07) is 7.38. The second kappa shape index (κ2) is 8.31. The average Bonchev–Trinajstić information content (AvgIpc) is 2.46. The molecule has 3 N–H and O–H groups in total. The molecule has 1 aromatic rings. The first-order valence-electron chi connectivity index (χ1n) is 7.57. The van der Waals surface area contributed by atoms with E-state index in [2.05, 4.69) is 31.4 Å². The summed E-state index contributed by atoms with van der Waals surface area (Å²) in [5.74, 6) is -1.48. The molecular weight excluding hydrogens is 296 g/mol. The number of carbonyl (C=O) groups excluding carboxylic acids is 2. The molecule has 2 amide bonds. The monoisotopic (exact) mass is 320 g/mol. The van der Waals surface area contributed by atoms with E-state index in [1.54, 1.807) is 12.1 Å². The maximum Gasteiger partial charge on any atom is 0.305 e. The lowest BCUT2D eigenvalue weighted by molar-refractivity contribution is -0.136. The Bertz CT molecular complexity index is 559. The van der Waals surface area contributed by atoms with Crippen LogP contribution >= 0.6 is 0 Å². The minimum atomic E-state index is -0.961. The Hall–Kier alpha value is -2.37. The topological polar surface area (TPSA) is 95.5 Å². The molecule has 0 aromatic heterocycles. The fourth-order valence-corrected chi connectivity index (χ4v) is 1.91. The molecule has 0 unspecified atom stereocenters. The molecule has 0 fully saturated rings. The lowest BCUT2D eigenvalue weighted by Crippen LogP contribution is -2.31. The lowest BCUT2D eigenvalue weighted by Gasteiger charge is -2.19. The van der Waals surface area contributed by atoms with E-state index < -0.39 is 5.97 Å². The van der Waals surface area contributed by atoms with Crippen LogP contribution in [0, 0.1) is 0 Å². The molecule has 1 aromatic carbocycles. The van der Waals surface area contributed by atoms with E-state index in [-0.39, 0.29) is 43.2 Å². The van der Waals surface area contributed by atoms with E-state index in [1.807, 2.05) is 12.1 Å². The maximum atomic E-state index is 12.0. The van der Waals surface area contributed by atoms with Crippen LogP contribution in [0.5, 0.6) is 0 Å². The minimum absolute atomic E-state index is 0.0308. The number of carboxylic acid groups (broad SMARTS) is 1. The minimum Gasteiger partial charge on any atom is -0.481 e. The van der Waals surface area contributed by atoms with E-state index >= 15 is 0 Å². The van der Waals surface area contributed by atoms with Gasteiger partial charge in [-0.2, -0.15) is 0 Å². The second-order valence-electron chi connectivity index (χ2n) is 6.33. The number of hydrogen-bond donors (Lipinski definition) is 3. The Balaban J connectivity index is 2.36. The normalized spacial score (nSPS) is 10.9. The Morgan fingerprint density at radius 1 is 0.957 bits per heavy atom. The van der Waals surface area contributed by atoms with Gasteiger partial charge in [-0.25, -0.2) is 0 Å². The molecule has 1 rings (SSSR count). The Labute approximate surface area is 136 Å². The van der Waals surface area contributed by atoms with Gasteiger partial charge in [-0.05, 0) is 23.1 Å². The molecule has 23 heavy (non-hydrogen) atoms. The van der Waals surface area contributed by atoms with Crippen LogP contribution in [0.25, 0.3) is 0 Å². The third-order valence-corrected chi connectivity index (χ3v) is 3.31. The van der Waals surface area contributed by atoms with Crippen LogP contribution in [0.3, 0.4) is 0 Å². The molecule has 0 saturated carbocycles. The van der Waals surface area contributed by atoms with Crippen LogP contribution in [0.2, 0.25) is 0 Å². The standard InChI is InChI=1S/C17H24N2O4/c1-17(2,3)13-6-4-12(5-7-13)16(23)19-10-8-14(20)18-11-9-15(21)22/h4-7H,8-11H2,1-3H3,(H,18,20)(H,19,23)(H,21,22). The van der Waals surface area contributed by atoms with E-state index in [0.717, 1.165) is 5.56 Å². The Kier molecular flexibility index (Phi) is 6.75. The molecule has 6 nitrogen and oxygen atoms in total. The molecule has 0 aliphatic rings. The number of amides is 2. The highest BCUT2D eigenvalue weighted by atomic mass is 16.4. The van der Waals surface area contributed by atoms with Gasteiger partial charge >= 0.3 is 5.97 Å². The first-order valence-corrected chi connectivity index (χ1v) is 7.57. The van der Waals surface area contributed by atoms with Crippen molar-refractivity contribution in [1.82, 2.24) is 10.6 Å². The first kappa shape index (κ1) is 18.7. The van der Waals surface area contributed by atoms with Crippen molar-refractivity contribution in [3.63, 3.8) is 0 Å². The average molecular weight is 320 g/mol. The number of aliphatic carboxylic acids is 1. The molecule has 0 radical (unpaired) electrons. The number of benzene rings is 1. The van der Waals surface area contributed by atoms with Crippen molar-refractivity contribution in [3.8, 4) is 0 Å². The Morgan fingerprint density at radius 3 is 2.04 bits per heavy atom. The summed E-state index contributed by atoms with van der Waals surface area (Å²) in [5.41, 5.74) is 1.72. The summed E-state index contributed by atoms with van der Waals surface area (Å²) in [4.78, 5) is 33.7. The highest BCUT2D eigenvalue weighted by Gasteiger charge is 2.14. The second-order valence-corrected chi connectivity index (χ2v) is 6.33. The van der Waals surface area contributed by atoms with Crippen molar-refractivity contribution < 1.29 is 19.5 Å². The number of rotatable bonds is 7. The van der Waals surface area contributed by atoms with Crippen molar-refractivity contribution in [2.45, 2.75) is 39.0 Å². The van der Waals surface area contributed by atoms with Crippen molar-refractivity contribution in [1.29, 1.82) is 0 Å².